The van der Waals surface area contributed by atoms with Crippen molar-refractivity contribution in [3.8, 4) is 22.6 Å². The summed E-state index contributed by atoms with van der Waals surface area (Å²) in [4.78, 5) is 25.3. The maximum Gasteiger partial charge on any atom is 0.330 e. The quantitative estimate of drug-likeness (QED) is 0.0660. The number of benzene rings is 6. The summed E-state index contributed by atoms with van der Waals surface area (Å²) in [7, 11) is 1.69. The molecule has 4 aliphatic rings. The lowest BCUT2D eigenvalue weighted by Gasteiger charge is -2.52. The van der Waals surface area contributed by atoms with E-state index in [-0.39, 0.29) is 38.3 Å². The molecule has 0 radical (unpaired) electrons. The molecule has 0 saturated heterocycles. The lowest BCUT2D eigenvalue weighted by atomic mass is 9.56. The lowest BCUT2D eigenvalue weighted by Crippen LogP contribution is -2.52. The topological polar surface area (TPSA) is 80.3 Å². The fourth-order valence-corrected chi connectivity index (χ4v) is 9.64. The van der Waals surface area contributed by atoms with Crippen molar-refractivity contribution < 1.29 is 33.3 Å². The van der Waals surface area contributed by atoms with Gasteiger partial charge in [0.05, 0.1) is 11.3 Å². The van der Waals surface area contributed by atoms with Crippen LogP contribution in [0.3, 0.4) is 0 Å². The first kappa shape index (κ1) is 36.2. The van der Waals surface area contributed by atoms with Crippen LogP contribution in [0.25, 0.3) is 11.1 Å². The predicted molar refractivity (Wildman–Crippen MR) is 217 cm³/mol. The van der Waals surface area contributed by atoms with Crippen molar-refractivity contribution in [1.82, 2.24) is 0 Å². The summed E-state index contributed by atoms with van der Waals surface area (Å²) in [6.07, 6.45) is 1.76. The predicted octanol–water partition coefficient (Wildman–Crippen LogP) is 9.14. The van der Waals surface area contributed by atoms with E-state index in [2.05, 4.69) is 116 Å². The molecule has 7 nitrogen and oxygen atoms in total. The maximum atomic E-state index is 13.9. The Balaban J connectivity index is 0.931. The Morgan fingerprint density at radius 3 is 1.54 bits per heavy atom. The third kappa shape index (κ3) is 5.84. The van der Waals surface area contributed by atoms with Crippen LogP contribution in [0, 0.1) is 5.92 Å². The number of hydrogen-bond acceptors (Lipinski definition) is 7. The molecule has 0 saturated carbocycles. The van der Waals surface area contributed by atoms with Gasteiger partial charge in [0.15, 0.2) is 0 Å². The smallest absolute Gasteiger partial charge is 0.330 e. The van der Waals surface area contributed by atoms with E-state index in [0.717, 1.165) is 28.3 Å². The number of methoxy groups -OCH3 is 1. The number of esters is 2. The van der Waals surface area contributed by atoms with Gasteiger partial charge < -0.3 is 23.7 Å². The molecular formula is C50H42O7. The highest BCUT2D eigenvalue weighted by molar-refractivity contribution is 5.86. The van der Waals surface area contributed by atoms with Crippen LogP contribution in [-0.4, -0.2) is 45.5 Å². The summed E-state index contributed by atoms with van der Waals surface area (Å²) in [6.45, 7) is 4.11. The van der Waals surface area contributed by atoms with Gasteiger partial charge >= 0.3 is 11.9 Å². The number of fused-ring (bicyclic) bond motifs is 4. The van der Waals surface area contributed by atoms with Gasteiger partial charge in [-0.3, -0.25) is 4.79 Å². The van der Waals surface area contributed by atoms with Gasteiger partial charge in [0.25, 0.3) is 0 Å². The number of carbonyl (C=O) groups excluding carboxylic acids is 2. The maximum absolute atomic E-state index is 13.9. The molecule has 0 aliphatic heterocycles. The van der Waals surface area contributed by atoms with Crippen LogP contribution < -0.4 is 9.47 Å². The van der Waals surface area contributed by atoms with E-state index in [4.69, 9.17) is 23.7 Å². The molecule has 7 heteroatoms. The number of hydrogen-bond donors (Lipinski definition) is 0. The minimum Gasteiger partial charge on any atom is -0.490 e. The molecule has 1 unspecified atom stereocenters. The molecule has 284 valence electrons. The Bertz CT molecular complexity index is 2370. The Hall–Kier alpha value is -6.44. The molecule has 10 rings (SSSR count). The first-order chi connectivity index (χ1) is 28.0. The van der Waals surface area contributed by atoms with Crippen LogP contribution in [0.4, 0.5) is 0 Å². The van der Waals surface area contributed by atoms with Crippen molar-refractivity contribution in [2.45, 2.75) is 23.4 Å². The number of carbonyl (C=O) groups is 2. The molecular weight excluding hydrogens is 713 g/mol. The summed E-state index contributed by atoms with van der Waals surface area (Å²) in [5.41, 5.74) is 9.92. The molecule has 6 aromatic carbocycles. The molecule has 0 aromatic heterocycles. The highest BCUT2D eigenvalue weighted by atomic mass is 16.6. The van der Waals surface area contributed by atoms with E-state index >= 15 is 0 Å². The van der Waals surface area contributed by atoms with Gasteiger partial charge in [0.2, 0.25) is 0 Å². The standard InChI is InChI=1S/C50H42O7/c1-3-47(51)56-30-28-54-35-24-20-33(21-25-35)49(42-16-8-4-12-37(42)38-13-5-9-17-43(38)49)34-22-26-36(27-23-34)55-29-31-57-48(52)46-32-41-39-14-6-10-18-44(39)50(46,53-2)45-19-11-7-15-40(41)45/h3-27,41,46H,1,28-32H2,2H3. The fraction of sp³-hybridized carbons (Fsp3) is 0.200. The summed E-state index contributed by atoms with van der Waals surface area (Å²) in [5, 5.41) is 0. The van der Waals surface area contributed by atoms with Gasteiger partial charge in [0.1, 0.15) is 43.5 Å². The molecule has 57 heavy (non-hydrogen) atoms. The van der Waals surface area contributed by atoms with Gasteiger partial charge in [-0.1, -0.05) is 128 Å². The van der Waals surface area contributed by atoms with Crippen LogP contribution in [-0.2, 0) is 34.8 Å². The van der Waals surface area contributed by atoms with Gasteiger partial charge in [-0.05, 0) is 86.3 Å². The van der Waals surface area contributed by atoms with E-state index < -0.39 is 22.9 Å². The lowest BCUT2D eigenvalue weighted by molar-refractivity contribution is -0.163. The molecule has 0 amide bonds. The third-order valence-corrected chi connectivity index (χ3v) is 11.9. The Kier molecular flexibility index (Phi) is 9.47. The zero-order valence-corrected chi connectivity index (χ0v) is 31.7. The Morgan fingerprint density at radius 2 is 1.05 bits per heavy atom. The summed E-state index contributed by atoms with van der Waals surface area (Å²) < 4.78 is 29.4. The molecule has 6 aromatic rings. The van der Waals surface area contributed by atoms with Gasteiger partial charge in [0, 0.05) is 19.1 Å². The molecule has 0 N–H and O–H groups in total. The highest BCUT2D eigenvalue weighted by Crippen LogP contribution is 2.60. The molecule has 0 heterocycles. The van der Waals surface area contributed by atoms with E-state index in [9.17, 15) is 9.59 Å². The van der Waals surface area contributed by atoms with Crippen molar-refractivity contribution >= 4 is 11.9 Å². The monoisotopic (exact) mass is 754 g/mol. The van der Waals surface area contributed by atoms with Crippen molar-refractivity contribution in [3.63, 3.8) is 0 Å². The average molecular weight is 755 g/mol. The summed E-state index contributed by atoms with van der Waals surface area (Å²) >= 11 is 0. The normalized spacial score (nSPS) is 19.0. The first-order valence-corrected chi connectivity index (χ1v) is 19.4. The van der Waals surface area contributed by atoms with E-state index in [1.165, 1.54) is 33.4 Å². The van der Waals surface area contributed by atoms with Crippen molar-refractivity contribution in [2.24, 2.45) is 5.92 Å². The van der Waals surface area contributed by atoms with E-state index in [1.807, 2.05) is 36.4 Å². The zero-order chi connectivity index (χ0) is 39.0. The average Bonchev–Trinajstić information content (AvgIpc) is 3.58. The number of ether oxygens (including phenoxy) is 5. The van der Waals surface area contributed by atoms with Gasteiger partial charge in [-0.2, -0.15) is 0 Å². The largest absolute Gasteiger partial charge is 0.490 e. The molecule has 0 spiro atoms. The third-order valence-electron chi connectivity index (χ3n) is 11.9. The van der Waals surface area contributed by atoms with Crippen LogP contribution in [0.15, 0.2) is 158 Å². The second-order valence-electron chi connectivity index (χ2n) is 14.6. The molecule has 4 aliphatic carbocycles. The van der Waals surface area contributed by atoms with Crippen LogP contribution in [0.5, 0.6) is 11.5 Å². The zero-order valence-electron chi connectivity index (χ0n) is 31.7. The Morgan fingerprint density at radius 1 is 0.596 bits per heavy atom. The SMILES string of the molecule is C=CC(=O)OCCOc1ccc(C2(c3ccc(OCCOC(=O)C4CC5c6ccccc6C4(OC)c4ccccc45)cc3)c3ccccc3-c3ccccc32)cc1. The Labute approximate surface area is 332 Å². The first-order valence-electron chi connectivity index (χ1n) is 19.4. The van der Waals surface area contributed by atoms with E-state index in [1.54, 1.807) is 7.11 Å². The van der Waals surface area contributed by atoms with Crippen LogP contribution in [0.1, 0.15) is 56.8 Å². The molecule has 0 fully saturated rings. The van der Waals surface area contributed by atoms with Crippen LogP contribution in [0.2, 0.25) is 0 Å². The van der Waals surface area contributed by atoms with Crippen molar-refractivity contribution in [2.75, 3.05) is 33.5 Å². The molecule has 2 bridgehead atoms. The van der Waals surface area contributed by atoms with Crippen molar-refractivity contribution in [3.05, 3.63) is 203 Å². The van der Waals surface area contributed by atoms with Crippen molar-refractivity contribution in [1.29, 1.82) is 0 Å². The van der Waals surface area contributed by atoms with Gasteiger partial charge in [-0.25, -0.2) is 4.79 Å². The summed E-state index contributed by atoms with van der Waals surface area (Å²) in [5.74, 6) is 0.226. The second-order valence-corrected chi connectivity index (χ2v) is 14.6. The number of rotatable bonds is 13. The minimum absolute atomic E-state index is 0.107. The summed E-state index contributed by atoms with van der Waals surface area (Å²) in [6, 6.07) is 50.0. The van der Waals surface area contributed by atoms with Gasteiger partial charge in [-0.15, -0.1) is 0 Å². The molecule has 1 atom stereocenters. The second kappa shape index (κ2) is 14.9. The van der Waals surface area contributed by atoms with E-state index in [0.29, 0.717) is 17.9 Å². The fourth-order valence-electron chi connectivity index (χ4n) is 9.64. The van der Waals surface area contributed by atoms with Crippen LogP contribution >= 0.6 is 0 Å². The highest BCUT2D eigenvalue weighted by Gasteiger charge is 2.58. The minimum atomic E-state index is -0.904.